The SMILES string of the molecule is NC1(C2CC3CCC2C3)CCC1. The lowest BCUT2D eigenvalue weighted by molar-refractivity contribution is 0.105. The Morgan fingerprint density at radius 1 is 1.08 bits per heavy atom. The molecular formula is C11H19N. The molecule has 3 aliphatic carbocycles. The number of nitrogens with two attached hydrogens (primary N) is 1. The summed E-state index contributed by atoms with van der Waals surface area (Å²) in [5, 5.41) is 0. The summed E-state index contributed by atoms with van der Waals surface area (Å²) in [6, 6.07) is 0. The van der Waals surface area contributed by atoms with Gasteiger partial charge in [0.15, 0.2) is 0 Å². The summed E-state index contributed by atoms with van der Waals surface area (Å²) in [5.41, 5.74) is 6.70. The molecule has 68 valence electrons. The van der Waals surface area contributed by atoms with Crippen LogP contribution in [0, 0.1) is 17.8 Å². The van der Waals surface area contributed by atoms with E-state index in [0.29, 0.717) is 5.54 Å². The minimum atomic E-state index is 0.305. The molecule has 2 bridgehead atoms. The maximum Gasteiger partial charge on any atom is 0.0185 e. The van der Waals surface area contributed by atoms with Gasteiger partial charge in [0.1, 0.15) is 0 Å². The zero-order valence-electron chi connectivity index (χ0n) is 7.76. The molecule has 0 aromatic carbocycles. The molecule has 2 N–H and O–H groups in total. The molecular weight excluding hydrogens is 146 g/mol. The standard InChI is InChI=1S/C11H19N/c12-11(4-1-5-11)10-7-8-2-3-9(10)6-8/h8-10H,1-7,12H2. The molecule has 3 saturated carbocycles. The van der Waals surface area contributed by atoms with Crippen LogP contribution < -0.4 is 5.73 Å². The molecule has 3 fully saturated rings. The molecule has 1 heteroatoms. The van der Waals surface area contributed by atoms with Gasteiger partial charge in [-0.15, -0.1) is 0 Å². The van der Waals surface area contributed by atoms with Gasteiger partial charge in [-0.05, 0) is 56.3 Å². The third kappa shape index (κ3) is 0.834. The fourth-order valence-electron chi connectivity index (χ4n) is 3.90. The van der Waals surface area contributed by atoms with Crippen LogP contribution in [0.5, 0.6) is 0 Å². The van der Waals surface area contributed by atoms with E-state index in [9.17, 15) is 0 Å². The fourth-order valence-corrected chi connectivity index (χ4v) is 3.90. The smallest absolute Gasteiger partial charge is 0.0185 e. The number of hydrogen-bond acceptors (Lipinski definition) is 1. The minimum Gasteiger partial charge on any atom is -0.325 e. The predicted octanol–water partition coefficient (Wildman–Crippen LogP) is 2.30. The molecule has 0 aromatic rings. The second kappa shape index (κ2) is 2.25. The summed E-state index contributed by atoms with van der Waals surface area (Å²) in [7, 11) is 0. The van der Waals surface area contributed by atoms with Gasteiger partial charge in [-0.3, -0.25) is 0 Å². The van der Waals surface area contributed by atoms with E-state index in [1.165, 1.54) is 44.9 Å². The van der Waals surface area contributed by atoms with Crippen LogP contribution in [0.3, 0.4) is 0 Å². The second-order valence-electron chi connectivity index (χ2n) is 5.37. The highest BCUT2D eigenvalue weighted by Gasteiger charge is 2.50. The largest absolute Gasteiger partial charge is 0.325 e. The third-order valence-electron chi connectivity index (χ3n) is 4.76. The van der Waals surface area contributed by atoms with E-state index in [-0.39, 0.29) is 0 Å². The molecule has 3 atom stereocenters. The van der Waals surface area contributed by atoms with Crippen molar-refractivity contribution in [2.24, 2.45) is 23.5 Å². The van der Waals surface area contributed by atoms with Crippen LogP contribution in [0.25, 0.3) is 0 Å². The molecule has 3 rings (SSSR count). The van der Waals surface area contributed by atoms with Gasteiger partial charge >= 0.3 is 0 Å². The van der Waals surface area contributed by atoms with Crippen molar-refractivity contribution in [3.05, 3.63) is 0 Å². The van der Waals surface area contributed by atoms with Crippen LogP contribution in [0.4, 0.5) is 0 Å². The first-order valence-electron chi connectivity index (χ1n) is 5.57. The quantitative estimate of drug-likeness (QED) is 0.634. The first-order chi connectivity index (χ1) is 5.78. The van der Waals surface area contributed by atoms with Crippen molar-refractivity contribution in [1.29, 1.82) is 0 Å². The van der Waals surface area contributed by atoms with Gasteiger partial charge in [0.25, 0.3) is 0 Å². The lowest BCUT2D eigenvalue weighted by Crippen LogP contribution is -2.54. The Bertz CT molecular complexity index is 195. The fraction of sp³-hybridized carbons (Fsp3) is 1.00. The number of fused-ring (bicyclic) bond motifs is 2. The van der Waals surface area contributed by atoms with E-state index in [1.807, 2.05) is 0 Å². The van der Waals surface area contributed by atoms with Crippen molar-refractivity contribution in [2.75, 3.05) is 0 Å². The van der Waals surface area contributed by atoms with E-state index in [2.05, 4.69) is 0 Å². The number of hydrogen-bond donors (Lipinski definition) is 1. The Balaban J connectivity index is 1.77. The molecule has 1 nitrogen and oxygen atoms in total. The molecule has 0 aromatic heterocycles. The summed E-state index contributed by atoms with van der Waals surface area (Å²) in [6.45, 7) is 0. The minimum absolute atomic E-state index is 0.305. The Morgan fingerprint density at radius 2 is 1.92 bits per heavy atom. The van der Waals surface area contributed by atoms with Crippen molar-refractivity contribution < 1.29 is 0 Å². The summed E-state index contributed by atoms with van der Waals surface area (Å²) in [5.74, 6) is 3.02. The van der Waals surface area contributed by atoms with Gasteiger partial charge in [-0.1, -0.05) is 6.42 Å². The lowest BCUT2D eigenvalue weighted by atomic mass is 9.64. The predicted molar refractivity (Wildman–Crippen MR) is 49.7 cm³/mol. The van der Waals surface area contributed by atoms with Gasteiger partial charge in [0, 0.05) is 5.54 Å². The third-order valence-corrected chi connectivity index (χ3v) is 4.76. The van der Waals surface area contributed by atoms with E-state index in [0.717, 1.165) is 17.8 Å². The van der Waals surface area contributed by atoms with Crippen molar-refractivity contribution in [2.45, 2.75) is 50.5 Å². The molecule has 0 radical (unpaired) electrons. The Hall–Kier alpha value is -0.0400. The molecule has 0 spiro atoms. The number of rotatable bonds is 1. The monoisotopic (exact) mass is 165 g/mol. The van der Waals surface area contributed by atoms with Crippen molar-refractivity contribution in [3.63, 3.8) is 0 Å². The second-order valence-corrected chi connectivity index (χ2v) is 5.37. The van der Waals surface area contributed by atoms with Gasteiger partial charge in [-0.2, -0.15) is 0 Å². The molecule has 0 saturated heterocycles. The van der Waals surface area contributed by atoms with E-state index < -0.39 is 0 Å². The van der Waals surface area contributed by atoms with Crippen LogP contribution in [-0.4, -0.2) is 5.54 Å². The van der Waals surface area contributed by atoms with E-state index >= 15 is 0 Å². The van der Waals surface area contributed by atoms with Gasteiger partial charge < -0.3 is 5.73 Å². The topological polar surface area (TPSA) is 26.0 Å². The van der Waals surface area contributed by atoms with Crippen molar-refractivity contribution in [3.8, 4) is 0 Å². The van der Waals surface area contributed by atoms with Crippen LogP contribution in [0.15, 0.2) is 0 Å². The zero-order valence-corrected chi connectivity index (χ0v) is 7.76. The molecule has 3 unspecified atom stereocenters. The lowest BCUT2D eigenvalue weighted by Gasteiger charge is -2.46. The van der Waals surface area contributed by atoms with Crippen LogP contribution in [-0.2, 0) is 0 Å². The first-order valence-corrected chi connectivity index (χ1v) is 5.57. The van der Waals surface area contributed by atoms with Gasteiger partial charge in [-0.25, -0.2) is 0 Å². The average molecular weight is 165 g/mol. The highest BCUT2D eigenvalue weighted by Crippen LogP contribution is 2.55. The normalized spacial score (nSPS) is 49.2. The van der Waals surface area contributed by atoms with Crippen molar-refractivity contribution in [1.82, 2.24) is 0 Å². The van der Waals surface area contributed by atoms with Gasteiger partial charge in [0.2, 0.25) is 0 Å². The Labute approximate surface area is 74.7 Å². The summed E-state index contributed by atoms with van der Waals surface area (Å²) >= 11 is 0. The molecule has 12 heavy (non-hydrogen) atoms. The highest BCUT2D eigenvalue weighted by molar-refractivity contribution is 5.06. The van der Waals surface area contributed by atoms with E-state index in [4.69, 9.17) is 5.73 Å². The average Bonchev–Trinajstić information content (AvgIpc) is 2.59. The maximum absolute atomic E-state index is 6.39. The molecule has 0 amide bonds. The Morgan fingerprint density at radius 3 is 2.33 bits per heavy atom. The van der Waals surface area contributed by atoms with E-state index in [1.54, 1.807) is 0 Å². The molecule has 0 aliphatic heterocycles. The molecule has 3 aliphatic rings. The molecule has 0 heterocycles. The Kier molecular flexibility index (Phi) is 1.39. The summed E-state index contributed by atoms with van der Waals surface area (Å²) in [6.07, 6.45) is 10.0. The zero-order chi connectivity index (χ0) is 8.18. The maximum atomic E-state index is 6.39. The van der Waals surface area contributed by atoms with Crippen LogP contribution >= 0.6 is 0 Å². The van der Waals surface area contributed by atoms with Crippen LogP contribution in [0.2, 0.25) is 0 Å². The van der Waals surface area contributed by atoms with Gasteiger partial charge in [0.05, 0.1) is 0 Å². The summed E-state index contributed by atoms with van der Waals surface area (Å²) < 4.78 is 0. The first kappa shape index (κ1) is 7.37. The highest BCUT2D eigenvalue weighted by atomic mass is 14.8. The summed E-state index contributed by atoms with van der Waals surface area (Å²) in [4.78, 5) is 0. The van der Waals surface area contributed by atoms with Crippen molar-refractivity contribution >= 4 is 0 Å². The van der Waals surface area contributed by atoms with Crippen LogP contribution in [0.1, 0.15) is 44.9 Å².